The van der Waals surface area contributed by atoms with E-state index in [1.165, 1.54) is 29.5 Å². The zero-order valence-corrected chi connectivity index (χ0v) is 18.3. The number of aliphatic hydroxyl groups is 1. The van der Waals surface area contributed by atoms with Gasteiger partial charge in [-0.05, 0) is 46.9 Å². The molecule has 0 saturated carbocycles. The van der Waals surface area contributed by atoms with Gasteiger partial charge in [-0.3, -0.25) is 4.90 Å². The minimum Gasteiger partial charge on any atom is -0.395 e. The van der Waals surface area contributed by atoms with Crippen LogP contribution >= 0.6 is 0 Å². The van der Waals surface area contributed by atoms with Crippen LogP contribution < -0.4 is 4.90 Å². The number of aliphatic hydroxyl groups excluding tert-OH is 1. The number of benzene rings is 1. The molecule has 156 valence electrons. The quantitative estimate of drug-likeness (QED) is 0.859. The van der Waals surface area contributed by atoms with E-state index in [0.717, 1.165) is 44.4 Å². The Balaban J connectivity index is 1.61. The van der Waals surface area contributed by atoms with Gasteiger partial charge >= 0.3 is 0 Å². The molecule has 5 heteroatoms. The molecule has 0 spiro atoms. The molecule has 1 aromatic carbocycles. The summed E-state index contributed by atoms with van der Waals surface area (Å²) < 4.78 is 0. The fourth-order valence-electron chi connectivity index (χ4n) is 4.72. The lowest BCUT2D eigenvalue weighted by atomic mass is 9.63. The van der Waals surface area contributed by atoms with E-state index in [1.54, 1.807) is 0 Å². The van der Waals surface area contributed by atoms with E-state index in [9.17, 15) is 0 Å². The number of anilines is 1. The van der Waals surface area contributed by atoms with Crippen LogP contribution in [-0.4, -0.2) is 59.3 Å². The van der Waals surface area contributed by atoms with E-state index in [0.29, 0.717) is 0 Å². The third-order valence-corrected chi connectivity index (χ3v) is 6.86. The first-order chi connectivity index (χ1) is 13.8. The molecule has 1 N–H and O–H groups in total. The Bertz CT molecular complexity index is 869. The molecule has 0 unspecified atom stereocenters. The fraction of sp³-hybridized carbons (Fsp3) is 0.583. The maximum atomic E-state index is 9.14. The topological polar surface area (TPSA) is 52.5 Å². The fourth-order valence-corrected chi connectivity index (χ4v) is 4.72. The number of aromatic nitrogens is 2. The summed E-state index contributed by atoms with van der Waals surface area (Å²) in [5.74, 6) is 0.809. The normalized spacial score (nSPS) is 21.1. The minimum atomic E-state index is 0.194. The SMILES string of the molecule is CC1(C)CCC(C)(C)c2cc(-c3ccnc(N4CCN(CCO)CC4)n3)ccc21. The summed E-state index contributed by atoms with van der Waals surface area (Å²) in [6.45, 7) is 14.1. The molecule has 1 saturated heterocycles. The van der Waals surface area contributed by atoms with Crippen LogP contribution in [0.1, 0.15) is 51.7 Å². The van der Waals surface area contributed by atoms with Gasteiger partial charge in [0.1, 0.15) is 0 Å². The summed E-state index contributed by atoms with van der Waals surface area (Å²) in [7, 11) is 0. The highest BCUT2D eigenvalue weighted by atomic mass is 16.3. The lowest BCUT2D eigenvalue weighted by molar-refractivity contribution is 0.188. The maximum absolute atomic E-state index is 9.14. The highest BCUT2D eigenvalue weighted by Crippen LogP contribution is 2.46. The molecule has 0 atom stereocenters. The molecule has 1 aliphatic carbocycles. The summed E-state index contributed by atoms with van der Waals surface area (Å²) in [5, 5.41) is 9.14. The Labute approximate surface area is 174 Å². The zero-order valence-electron chi connectivity index (χ0n) is 18.3. The minimum absolute atomic E-state index is 0.194. The van der Waals surface area contributed by atoms with Gasteiger partial charge in [0, 0.05) is 44.5 Å². The van der Waals surface area contributed by atoms with E-state index in [2.05, 4.69) is 60.7 Å². The van der Waals surface area contributed by atoms with Crippen molar-refractivity contribution in [1.82, 2.24) is 14.9 Å². The third kappa shape index (κ3) is 4.03. The van der Waals surface area contributed by atoms with Crippen molar-refractivity contribution in [3.05, 3.63) is 41.6 Å². The van der Waals surface area contributed by atoms with Gasteiger partial charge in [-0.25, -0.2) is 9.97 Å². The predicted molar refractivity (Wildman–Crippen MR) is 118 cm³/mol. The van der Waals surface area contributed by atoms with E-state index >= 15 is 0 Å². The summed E-state index contributed by atoms with van der Waals surface area (Å²) in [6, 6.07) is 8.93. The van der Waals surface area contributed by atoms with E-state index < -0.39 is 0 Å². The van der Waals surface area contributed by atoms with Gasteiger partial charge in [-0.2, -0.15) is 0 Å². The molecule has 0 amide bonds. The summed E-state index contributed by atoms with van der Waals surface area (Å²) >= 11 is 0. The molecular formula is C24H34N4O. The van der Waals surface area contributed by atoms with Crippen LogP contribution in [0.4, 0.5) is 5.95 Å². The summed E-state index contributed by atoms with van der Waals surface area (Å²) in [4.78, 5) is 14.0. The van der Waals surface area contributed by atoms with Crippen LogP contribution in [0.3, 0.4) is 0 Å². The average Bonchev–Trinajstić information content (AvgIpc) is 2.72. The predicted octanol–water partition coefficient (Wildman–Crippen LogP) is 3.61. The molecule has 0 bridgehead atoms. The van der Waals surface area contributed by atoms with Crippen molar-refractivity contribution < 1.29 is 5.11 Å². The van der Waals surface area contributed by atoms with Crippen molar-refractivity contribution in [3.8, 4) is 11.3 Å². The zero-order chi connectivity index (χ0) is 20.6. The van der Waals surface area contributed by atoms with Crippen molar-refractivity contribution >= 4 is 5.95 Å². The van der Waals surface area contributed by atoms with E-state index in [1.807, 2.05) is 12.3 Å². The Morgan fingerprint density at radius 1 is 0.931 bits per heavy atom. The van der Waals surface area contributed by atoms with Crippen LogP contribution in [-0.2, 0) is 10.8 Å². The monoisotopic (exact) mass is 394 g/mol. The third-order valence-electron chi connectivity index (χ3n) is 6.86. The van der Waals surface area contributed by atoms with Crippen molar-refractivity contribution in [3.63, 3.8) is 0 Å². The maximum Gasteiger partial charge on any atom is 0.225 e. The molecule has 2 heterocycles. The molecular weight excluding hydrogens is 360 g/mol. The van der Waals surface area contributed by atoms with Crippen LogP contribution in [0.25, 0.3) is 11.3 Å². The largest absolute Gasteiger partial charge is 0.395 e. The number of rotatable bonds is 4. The highest BCUT2D eigenvalue weighted by molar-refractivity contribution is 5.64. The second kappa shape index (κ2) is 7.69. The highest BCUT2D eigenvalue weighted by Gasteiger charge is 2.37. The molecule has 1 aromatic heterocycles. The Morgan fingerprint density at radius 3 is 2.31 bits per heavy atom. The van der Waals surface area contributed by atoms with Crippen molar-refractivity contribution in [1.29, 1.82) is 0 Å². The van der Waals surface area contributed by atoms with Crippen LogP contribution in [0.5, 0.6) is 0 Å². The van der Waals surface area contributed by atoms with Crippen molar-refractivity contribution in [2.75, 3.05) is 44.2 Å². The molecule has 1 aliphatic heterocycles. The number of hydrogen-bond acceptors (Lipinski definition) is 5. The van der Waals surface area contributed by atoms with Crippen molar-refractivity contribution in [2.45, 2.75) is 51.4 Å². The standard InChI is InChI=1S/C24H34N4O/c1-23(2)8-9-24(3,4)20-17-18(5-6-19(20)23)21-7-10-25-22(26-21)28-13-11-27(12-14-28)15-16-29/h5-7,10,17,29H,8-9,11-16H2,1-4H3. The first kappa shape index (κ1) is 20.3. The number of piperazine rings is 1. The second-order valence-corrected chi connectivity index (χ2v) is 9.82. The van der Waals surface area contributed by atoms with Crippen molar-refractivity contribution in [2.24, 2.45) is 0 Å². The molecule has 0 radical (unpaired) electrons. The first-order valence-corrected chi connectivity index (χ1v) is 10.9. The van der Waals surface area contributed by atoms with Gasteiger partial charge in [-0.1, -0.05) is 39.8 Å². The van der Waals surface area contributed by atoms with Gasteiger partial charge in [-0.15, -0.1) is 0 Å². The summed E-state index contributed by atoms with van der Waals surface area (Å²) in [5.41, 5.74) is 5.54. The number of hydrogen-bond donors (Lipinski definition) is 1. The first-order valence-electron chi connectivity index (χ1n) is 10.9. The molecule has 1 fully saturated rings. The smallest absolute Gasteiger partial charge is 0.225 e. The molecule has 2 aliphatic rings. The van der Waals surface area contributed by atoms with Gasteiger partial charge in [0.05, 0.1) is 12.3 Å². The number of β-amino-alcohol motifs (C(OH)–C–C–N with tert-alkyl or cyclic N) is 1. The lowest BCUT2D eigenvalue weighted by Crippen LogP contribution is -2.47. The molecule has 29 heavy (non-hydrogen) atoms. The van der Waals surface area contributed by atoms with Crippen LogP contribution in [0.2, 0.25) is 0 Å². The van der Waals surface area contributed by atoms with Gasteiger partial charge in [0.15, 0.2) is 0 Å². The second-order valence-electron chi connectivity index (χ2n) is 9.82. The Morgan fingerprint density at radius 2 is 1.62 bits per heavy atom. The van der Waals surface area contributed by atoms with Gasteiger partial charge < -0.3 is 10.0 Å². The van der Waals surface area contributed by atoms with Crippen LogP contribution in [0.15, 0.2) is 30.5 Å². The van der Waals surface area contributed by atoms with Gasteiger partial charge in [0.25, 0.3) is 0 Å². The van der Waals surface area contributed by atoms with Crippen LogP contribution in [0, 0.1) is 0 Å². The molecule has 5 nitrogen and oxygen atoms in total. The molecule has 4 rings (SSSR count). The Kier molecular flexibility index (Phi) is 5.38. The van der Waals surface area contributed by atoms with Gasteiger partial charge in [0.2, 0.25) is 5.95 Å². The Hall–Kier alpha value is -1.98. The summed E-state index contributed by atoms with van der Waals surface area (Å²) in [6.07, 6.45) is 4.32. The lowest BCUT2D eigenvalue weighted by Gasteiger charge is -2.42. The molecule has 2 aromatic rings. The van der Waals surface area contributed by atoms with E-state index in [-0.39, 0.29) is 17.4 Å². The van der Waals surface area contributed by atoms with E-state index in [4.69, 9.17) is 10.1 Å². The average molecular weight is 395 g/mol. The number of nitrogens with zero attached hydrogens (tertiary/aromatic N) is 4. The number of fused-ring (bicyclic) bond motifs is 1.